The number of phenolic OH excluding ortho intramolecular Hbond substituents is 2. The first-order chi connectivity index (χ1) is 23.2. The van der Waals surface area contributed by atoms with Crippen molar-refractivity contribution < 1.29 is 34.0 Å². The van der Waals surface area contributed by atoms with Gasteiger partial charge in [0.25, 0.3) is 5.91 Å². The van der Waals surface area contributed by atoms with Gasteiger partial charge in [0.05, 0.1) is 12.7 Å². The molecule has 2 heterocycles. The number of aromatic hydroxyl groups is 2. The second-order valence-corrected chi connectivity index (χ2v) is 12.7. The van der Waals surface area contributed by atoms with E-state index in [-0.39, 0.29) is 47.4 Å². The minimum Gasteiger partial charge on any atom is -0.508 e. The number of likely N-dealkylation sites (tertiary alicyclic amines) is 1. The van der Waals surface area contributed by atoms with Crippen LogP contribution in [0.1, 0.15) is 53.2 Å². The Morgan fingerprint density at radius 2 is 1.75 bits per heavy atom. The Hall–Kier alpha value is -4.64. The van der Waals surface area contributed by atoms with E-state index in [1.54, 1.807) is 24.3 Å². The highest BCUT2D eigenvalue weighted by molar-refractivity contribution is 5.97. The van der Waals surface area contributed by atoms with E-state index < -0.39 is 11.9 Å². The van der Waals surface area contributed by atoms with Crippen LogP contribution in [0, 0.1) is 5.82 Å². The Labute approximate surface area is 279 Å². The molecule has 5 N–H and O–H groups in total. The number of halogens is 1. The van der Waals surface area contributed by atoms with Crippen LogP contribution in [0.3, 0.4) is 0 Å². The van der Waals surface area contributed by atoms with E-state index in [1.165, 1.54) is 17.7 Å². The quantitative estimate of drug-likeness (QED) is 0.101. The third-order valence-corrected chi connectivity index (χ3v) is 9.41. The lowest BCUT2D eigenvalue weighted by atomic mass is 9.67. The molecular formula is C38H42FN3O6. The van der Waals surface area contributed by atoms with Gasteiger partial charge in [-0.25, -0.2) is 4.39 Å². The number of benzene rings is 4. The van der Waals surface area contributed by atoms with Crippen LogP contribution in [0.4, 0.5) is 10.1 Å². The van der Waals surface area contributed by atoms with Crippen molar-refractivity contribution in [3.8, 4) is 23.0 Å². The molecule has 6 rings (SSSR count). The molecule has 0 saturated carbocycles. The second kappa shape index (κ2) is 14.6. The number of piperidine rings is 1. The van der Waals surface area contributed by atoms with Crippen LogP contribution in [0.5, 0.6) is 23.0 Å². The number of aryl methyl sites for hydroxylation is 1. The number of carbonyl (C=O) groups is 1. The summed E-state index contributed by atoms with van der Waals surface area (Å²) in [5, 5.41) is 37.5. The van der Waals surface area contributed by atoms with Crippen molar-refractivity contribution in [3.05, 3.63) is 112 Å². The number of anilines is 1. The van der Waals surface area contributed by atoms with Crippen LogP contribution in [-0.2, 0) is 23.2 Å². The van der Waals surface area contributed by atoms with E-state index in [9.17, 15) is 24.5 Å². The van der Waals surface area contributed by atoms with Crippen molar-refractivity contribution >= 4 is 11.6 Å². The summed E-state index contributed by atoms with van der Waals surface area (Å²) < 4.78 is 26.2. The van der Waals surface area contributed by atoms with Crippen molar-refractivity contribution in [2.24, 2.45) is 0 Å². The lowest BCUT2D eigenvalue weighted by Crippen LogP contribution is -2.41. The first-order valence-electron chi connectivity index (χ1n) is 16.4. The second-order valence-electron chi connectivity index (χ2n) is 12.7. The molecule has 4 aromatic carbocycles. The molecule has 0 bridgehead atoms. The number of aliphatic hydroxyl groups excluding tert-OH is 1. The van der Waals surface area contributed by atoms with Crippen LogP contribution in [-0.4, -0.2) is 66.0 Å². The average molecular weight is 656 g/mol. The van der Waals surface area contributed by atoms with Gasteiger partial charge in [0, 0.05) is 29.6 Å². The van der Waals surface area contributed by atoms with Crippen LogP contribution in [0.25, 0.3) is 0 Å². The number of amides is 1. The summed E-state index contributed by atoms with van der Waals surface area (Å²) in [7, 11) is 2.14. The highest BCUT2D eigenvalue weighted by atomic mass is 19.1. The summed E-state index contributed by atoms with van der Waals surface area (Å²) in [5.41, 5.74) is 4.28. The molecule has 10 heteroatoms. The number of hydrogen-bond donors (Lipinski definition) is 5. The number of nitrogens with zero attached hydrogens (tertiary/aromatic N) is 1. The number of rotatable bonds is 12. The predicted octanol–water partition coefficient (Wildman–Crippen LogP) is 5.41. The summed E-state index contributed by atoms with van der Waals surface area (Å²) in [6.07, 6.45) is 2.27. The molecule has 9 nitrogen and oxygen atoms in total. The van der Waals surface area contributed by atoms with Crippen molar-refractivity contribution in [3.63, 3.8) is 0 Å². The molecule has 252 valence electrons. The van der Waals surface area contributed by atoms with Gasteiger partial charge in [-0.15, -0.1) is 0 Å². The van der Waals surface area contributed by atoms with Gasteiger partial charge >= 0.3 is 0 Å². The number of fused-ring (bicyclic) bond motifs is 1. The minimum atomic E-state index is -0.986. The predicted molar refractivity (Wildman–Crippen MR) is 181 cm³/mol. The van der Waals surface area contributed by atoms with E-state index in [4.69, 9.17) is 9.47 Å². The standard InChI is InChI=1S/C38H42FN3O6/c1-42-17-15-38(16-18-42,27-7-3-2-4-8-27)29-20-25(9-12-31(29)43)6-5-19-47-34-14-10-26(21-30(34)39)22-40-23-33(45)28-11-13-32(44)36-37(28)48-24-35(46)41-36/h2-4,7-14,20-21,33,40,43-45H,5-6,15-19,22-24H2,1H3,(H,41,46). The van der Waals surface area contributed by atoms with Gasteiger partial charge < -0.3 is 40.3 Å². The van der Waals surface area contributed by atoms with Crippen LogP contribution < -0.4 is 20.1 Å². The average Bonchev–Trinajstić information content (AvgIpc) is 3.09. The third-order valence-electron chi connectivity index (χ3n) is 9.41. The molecule has 1 unspecified atom stereocenters. The fourth-order valence-electron chi connectivity index (χ4n) is 6.73. The zero-order valence-electron chi connectivity index (χ0n) is 27.0. The molecule has 48 heavy (non-hydrogen) atoms. The number of nitrogens with one attached hydrogen (secondary N) is 2. The van der Waals surface area contributed by atoms with E-state index in [0.717, 1.165) is 43.5 Å². The summed E-state index contributed by atoms with van der Waals surface area (Å²) in [5.74, 6) is -0.272. The molecule has 2 aliphatic rings. The van der Waals surface area contributed by atoms with Crippen molar-refractivity contribution in [1.29, 1.82) is 0 Å². The Balaban J connectivity index is 1.01. The molecule has 4 aromatic rings. The van der Waals surface area contributed by atoms with Crippen molar-refractivity contribution in [1.82, 2.24) is 10.2 Å². The van der Waals surface area contributed by atoms with Crippen molar-refractivity contribution in [2.75, 3.05) is 45.2 Å². The Morgan fingerprint density at radius 3 is 2.52 bits per heavy atom. The van der Waals surface area contributed by atoms with Gasteiger partial charge in [0.15, 0.2) is 23.9 Å². The highest BCUT2D eigenvalue weighted by Gasteiger charge is 2.39. The Kier molecular flexibility index (Phi) is 10.1. The van der Waals surface area contributed by atoms with E-state index in [0.29, 0.717) is 36.4 Å². The third kappa shape index (κ3) is 7.26. The van der Waals surface area contributed by atoms with E-state index in [1.807, 2.05) is 12.1 Å². The molecule has 0 aromatic heterocycles. The molecule has 1 amide bonds. The first-order valence-corrected chi connectivity index (χ1v) is 16.4. The monoisotopic (exact) mass is 655 g/mol. The molecular weight excluding hydrogens is 613 g/mol. The van der Waals surface area contributed by atoms with Crippen molar-refractivity contribution in [2.45, 2.75) is 43.7 Å². The van der Waals surface area contributed by atoms with Gasteiger partial charge in [-0.3, -0.25) is 4.79 Å². The van der Waals surface area contributed by atoms with Gasteiger partial charge in [-0.05, 0) is 92.8 Å². The zero-order chi connectivity index (χ0) is 33.7. The SMILES string of the molecule is CN1CCC(c2ccccc2)(c2cc(CCCOc3ccc(CNCC(O)c4ccc(O)c5c4OCC(=O)N5)cc3F)ccc2O)CC1. The van der Waals surface area contributed by atoms with Gasteiger partial charge in [0.1, 0.15) is 17.2 Å². The van der Waals surface area contributed by atoms with Gasteiger partial charge in [0.2, 0.25) is 0 Å². The molecule has 1 atom stereocenters. The summed E-state index contributed by atoms with van der Waals surface area (Å²) in [4.78, 5) is 14.0. The van der Waals surface area contributed by atoms with Crippen LogP contribution in [0.15, 0.2) is 78.9 Å². The van der Waals surface area contributed by atoms with Gasteiger partial charge in [-0.2, -0.15) is 0 Å². The topological polar surface area (TPSA) is 124 Å². The normalized spacial score (nSPS) is 16.4. The largest absolute Gasteiger partial charge is 0.508 e. The lowest BCUT2D eigenvalue weighted by molar-refractivity contribution is -0.118. The lowest BCUT2D eigenvalue weighted by Gasteiger charge is -2.42. The number of phenols is 2. The maximum atomic E-state index is 14.9. The summed E-state index contributed by atoms with van der Waals surface area (Å²) >= 11 is 0. The Bertz CT molecular complexity index is 1740. The fourth-order valence-corrected chi connectivity index (χ4v) is 6.73. The molecule has 1 saturated heterocycles. The fraction of sp³-hybridized carbons (Fsp3) is 0.342. The molecule has 0 aliphatic carbocycles. The smallest absolute Gasteiger partial charge is 0.262 e. The number of aliphatic hydroxyl groups is 1. The van der Waals surface area contributed by atoms with Gasteiger partial charge in [-0.1, -0.05) is 48.5 Å². The molecule has 0 spiro atoms. The summed E-state index contributed by atoms with van der Waals surface area (Å²) in [6.45, 7) is 2.47. The molecule has 1 fully saturated rings. The maximum Gasteiger partial charge on any atom is 0.262 e. The Morgan fingerprint density at radius 1 is 1.00 bits per heavy atom. The highest BCUT2D eigenvalue weighted by Crippen LogP contribution is 2.45. The number of hydrogen-bond acceptors (Lipinski definition) is 8. The minimum absolute atomic E-state index is 0.136. The van der Waals surface area contributed by atoms with Crippen LogP contribution >= 0.6 is 0 Å². The van der Waals surface area contributed by atoms with Crippen LogP contribution in [0.2, 0.25) is 0 Å². The number of ether oxygens (including phenoxy) is 2. The number of carbonyl (C=O) groups excluding carboxylic acids is 1. The summed E-state index contributed by atoms with van der Waals surface area (Å²) in [6, 6.07) is 24.1. The van der Waals surface area contributed by atoms with E-state index >= 15 is 0 Å². The first kappa shape index (κ1) is 33.3. The van der Waals surface area contributed by atoms with E-state index in [2.05, 4.69) is 52.9 Å². The zero-order valence-corrected chi connectivity index (χ0v) is 27.0. The molecule has 2 aliphatic heterocycles. The molecule has 0 radical (unpaired) electrons. The maximum absolute atomic E-state index is 14.9.